The number of aliphatic hydroxyl groups excluding tert-OH is 2. The van der Waals surface area contributed by atoms with Crippen molar-refractivity contribution < 1.29 is 19.8 Å². The third-order valence-corrected chi connectivity index (χ3v) is 5.83. The Bertz CT molecular complexity index is 815. The highest BCUT2D eigenvalue weighted by Crippen LogP contribution is 2.33. The lowest BCUT2D eigenvalue weighted by molar-refractivity contribution is -0.154. The fourth-order valence-electron chi connectivity index (χ4n) is 3.76. The zero-order valence-electron chi connectivity index (χ0n) is 19.2. The minimum absolute atomic E-state index is 0.0387. The van der Waals surface area contributed by atoms with Crippen molar-refractivity contribution >= 4 is 29.6 Å². The van der Waals surface area contributed by atoms with Crippen LogP contribution in [-0.4, -0.2) is 69.5 Å². The van der Waals surface area contributed by atoms with Gasteiger partial charge in [0.15, 0.2) is 12.2 Å². The van der Waals surface area contributed by atoms with Gasteiger partial charge in [0.1, 0.15) is 0 Å². The molecule has 2 aliphatic rings. The molecule has 1 aliphatic heterocycles. The molecule has 0 aromatic carbocycles. The number of carbonyl (C=O) groups excluding carboxylic acids is 2. The van der Waals surface area contributed by atoms with E-state index in [2.05, 4.69) is 10.3 Å². The van der Waals surface area contributed by atoms with Gasteiger partial charge in [0, 0.05) is 35.4 Å². The van der Waals surface area contributed by atoms with Crippen molar-refractivity contribution in [2.75, 3.05) is 6.54 Å². The van der Waals surface area contributed by atoms with Gasteiger partial charge in [-0.3, -0.25) is 14.6 Å². The van der Waals surface area contributed by atoms with Gasteiger partial charge in [-0.2, -0.15) is 0 Å². The molecule has 0 bridgehead atoms. The Hall–Kier alpha value is -2.16. The number of amides is 2. The van der Waals surface area contributed by atoms with Gasteiger partial charge >= 0.3 is 0 Å². The predicted octanol–water partition coefficient (Wildman–Crippen LogP) is 1.61. The number of nitrogens with one attached hydrogen (secondary N) is 1. The Kier molecular flexibility index (Phi) is 9.07. The molecule has 0 radical (unpaired) electrons. The number of hydrogen-bond donors (Lipinski definition) is 4. The van der Waals surface area contributed by atoms with Gasteiger partial charge in [-0.05, 0) is 59.1 Å². The lowest BCUT2D eigenvalue weighted by Gasteiger charge is -2.33. The van der Waals surface area contributed by atoms with Gasteiger partial charge in [0.2, 0.25) is 0 Å². The number of rotatable bonds is 7. The second-order valence-electron chi connectivity index (χ2n) is 9.34. The molecule has 0 saturated carbocycles. The summed E-state index contributed by atoms with van der Waals surface area (Å²) in [6.07, 6.45) is 7.20. The highest BCUT2D eigenvalue weighted by molar-refractivity contribution is 6.29. The average Bonchev–Trinajstić information content (AvgIpc) is 3.20. The van der Waals surface area contributed by atoms with E-state index in [9.17, 15) is 19.8 Å². The smallest absolute Gasteiger partial charge is 0.254 e. The Morgan fingerprint density at radius 2 is 2.03 bits per heavy atom. The number of allylic oxidation sites excluding steroid dienone is 4. The molecule has 1 heterocycles. The SMILES string of the molecule is C[C@@H](NC(=O)[C@H](O)[C@@H](O)C(=O)N1CCCC1C1C=CC=C(Cl)C1)C(N)=CC=NC(C)(C)C. The maximum absolute atomic E-state index is 12.9. The quantitative estimate of drug-likeness (QED) is 0.424. The average molecular weight is 467 g/mol. The predicted molar refractivity (Wildman–Crippen MR) is 126 cm³/mol. The minimum Gasteiger partial charge on any atom is -0.400 e. The van der Waals surface area contributed by atoms with E-state index in [-0.39, 0.29) is 17.5 Å². The van der Waals surface area contributed by atoms with Crippen LogP contribution in [0.3, 0.4) is 0 Å². The first-order chi connectivity index (χ1) is 14.9. The standard InChI is InChI=1S/C23H35ClN4O4/c1-14(17(25)10-11-26-23(2,3)4)27-21(31)19(29)20(30)22(32)28-12-6-9-18(28)15-7-5-8-16(24)13-15/h5,7-8,10-11,14-15,18-20,29-30H,6,9,12-13,25H2,1-4H3,(H,27,31)/t14-,15?,18?,19-,20-/m1/s1. The Labute approximate surface area is 194 Å². The normalized spacial score (nSPS) is 24.9. The number of nitrogens with zero attached hydrogens (tertiary/aromatic N) is 2. The Balaban J connectivity index is 1.97. The third kappa shape index (κ3) is 7.18. The van der Waals surface area contributed by atoms with Crippen molar-refractivity contribution in [2.45, 2.75) is 76.8 Å². The van der Waals surface area contributed by atoms with Gasteiger partial charge in [-0.1, -0.05) is 23.8 Å². The zero-order valence-corrected chi connectivity index (χ0v) is 19.9. The molecule has 1 aliphatic carbocycles. The topological polar surface area (TPSA) is 128 Å². The maximum Gasteiger partial charge on any atom is 0.254 e. The van der Waals surface area contributed by atoms with Crippen LogP contribution in [0, 0.1) is 5.92 Å². The second-order valence-corrected chi connectivity index (χ2v) is 9.83. The summed E-state index contributed by atoms with van der Waals surface area (Å²) in [5.74, 6) is -1.50. The van der Waals surface area contributed by atoms with Crippen LogP contribution in [-0.2, 0) is 9.59 Å². The first-order valence-corrected chi connectivity index (χ1v) is 11.3. The number of carbonyl (C=O) groups is 2. The molecule has 1 saturated heterocycles. The fourth-order valence-corrected chi connectivity index (χ4v) is 4.01. The van der Waals surface area contributed by atoms with Gasteiger partial charge < -0.3 is 26.2 Å². The highest BCUT2D eigenvalue weighted by Gasteiger charge is 2.40. The molecule has 2 rings (SSSR count). The van der Waals surface area contributed by atoms with Crippen molar-refractivity contribution in [3.05, 3.63) is 35.0 Å². The van der Waals surface area contributed by atoms with Gasteiger partial charge in [0.05, 0.1) is 11.6 Å². The third-order valence-electron chi connectivity index (χ3n) is 5.55. The van der Waals surface area contributed by atoms with Crippen LogP contribution in [0.15, 0.2) is 40.0 Å². The number of likely N-dealkylation sites (tertiary alicyclic amines) is 1. The largest absolute Gasteiger partial charge is 0.400 e. The van der Waals surface area contributed by atoms with Crippen LogP contribution >= 0.6 is 11.6 Å². The molecule has 5 atom stereocenters. The van der Waals surface area contributed by atoms with Gasteiger partial charge in [0.25, 0.3) is 11.8 Å². The maximum atomic E-state index is 12.9. The van der Waals surface area contributed by atoms with Gasteiger partial charge in [-0.15, -0.1) is 0 Å². The van der Waals surface area contributed by atoms with E-state index in [1.807, 2.05) is 39.0 Å². The summed E-state index contributed by atoms with van der Waals surface area (Å²) in [6.45, 7) is 7.91. The van der Waals surface area contributed by atoms with E-state index in [0.29, 0.717) is 23.7 Å². The molecule has 1 fully saturated rings. The van der Waals surface area contributed by atoms with Crippen molar-refractivity contribution in [1.82, 2.24) is 10.2 Å². The molecule has 0 aromatic rings. The molecule has 0 aromatic heterocycles. The summed E-state index contributed by atoms with van der Waals surface area (Å²) in [5.41, 5.74) is 6.03. The molecule has 32 heavy (non-hydrogen) atoms. The number of hydrogen-bond acceptors (Lipinski definition) is 6. The van der Waals surface area contributed by atoms with Crippen LogP contribution in [0.1, 0.15) is 47.0 Å². The summed E-state index contributed by atoms with van der Waals surface area (Å²) in [6, 6.07) is -0.752. The number of nitrogens with two attached hydrogens (primary N) is 1. The van der Waals surface area contributed by atoms with E-state index >= 15 is 0 Å². The zero-order chi connectivity index (χ0) is 24.1. The van der Waals surface area contributed by atoms with Crippen LogP contribution in [0.4, 0.5) is 0 Å². The van der Waals surface area contributed by atoms with Crippen LogP contribution in [0.2, 0.25) is 0 Å². The summed E-state index contributed by atoms with van der Waals surface area (Å²) < 4.78 is 0. The summed E-state index contributed by atoms with van der Waals surface area (Å²) in [5, 5.41) is 24.0. The summed E-state index contributed by atoms with van der Waals surface area (Å²) >= 11 is 6.14. The van der Waals surface area contributed by atoms with E-state index in [0.717, 1.165) is 12.8 Å². The number of aliphatic hydroxyl groups is 2. The molecular weight excluding hydrogens is 432 g/mol. The Morgan fingerprint density at radius 1 is 1.34 bits per heavy atom. The van der Waals surface area contributed by atoms with Crippen LogP contribution in [0.25, 0.3) is 0 Å². The van der Waals surface area contributed by atoms with Crippen molar-refractivity contribution in [3.63, 3.8) is 0 Å². The first-order valence-electron chi connectivity index (χ1n) is 10.9. The molecule has 2 amide bonds. The Morgan fingerprint density at radius 3 is 2.66 bits per heavy atom. The molecule has 9 heteroatoms. The van der Waals surface area contributed by atoms with E-state index in [4.69, 9.17) is 17.3 Å². The lowest BCUT2D eigenvalue weighted by atomic mass is 9.90. The minimum atomic E-state index is -1.91. The summed E-state index contributed by atoms with van der Waals surface area (Å²) in [4.78, 5) is 31.2. The highest BCUT2D eigenvalue weighted by atomic mass is 35.5. The first kappa shape index (κ1) is 26.1. The van der Waals surface area contributed by atoms with Gasteiger partial charge in [-0.25, -0.2) is 0 Å². The van der Waals surface area contributed by atoms with Crippen molar-refractivity contribution in [1.29, 1.82) is 0 Å². The number of halogens is 1. The molecule has 2 unspecified atom stereocenters. The molecular formula is C23H35ClN4O4. The van der Waals surface area contributed by atoms with Crippen LogP contribution in [0.5, 0.6) is 0 Å². The lowest BCUT2D eigenvalue weighted by Crippen LogP contribution is -2.54. The fraction of sp³-hybridized carbons (Fsp3) is 0.609. The summed E-state index contributed by atoms with van der Waals surface area (Å²) in [7, 11) is 0. The van der Waals surface area contributed by atoms with Crippen molar-refractivity contribution in [2.24, 2.45) is 16.6 Å². The second kappa shape index (κ2) is 11.1. The van der Waals surface area contributed by atoms with E-state index in [1.54, 1.807) is 24.1 Å². The molecule has 178 valence electrons. The monoisotopic (exact) mass is 466 g/mol. The van der Waals surface area contributed by atoms with E-state index < -0.39 is 30.1 Å². The number of aliphatic imine (C=N–C) groups is 1. The van der Waals surface area contributed by atoms with Crippen LogP contribution < -0.4 is 11.1 Å². The van der Waals surface area contributed by atoms with E-state index in [1.165, 1.54) is 0 Å². The molecule has 5 N–H and O–H groups in total. The molecule has 0 spiro atoms. The van der Waals surface area contributed by atoms with Crippen molar-refractivity contribution in [3.8, 4) is 0 Å². The molecule has 8 nitrogen and oxygen atoms in total.